The van der Waals surface area contributed by atoms with E-state index in [4.69, 9.17) is 13.9 Å². The van der Waals surface area contributed by atoms with Crippen LogP contribution >= 0.6 is 15.9 Å². The molecule has 6 rings (SSSR count). The number of fused-ring (bicyclic) bond motifs is 2. The molecule has 3 aromatic carbocycles. The molecule has 3 unspecified atom stereocenters. The summed E-state index contributed by atoms with van der Waals surface area (Å²) in [5.41, 5.74) is 0.925. The lowest BCUT2D eigenvalue weighted by Crippen LogP contribution is -2.70. The van der Waals surface area contributed by atoms with Crippen LogP contribution in [0, 0.1) is 28.6 Å². The monoisotopic (exact) mass is 627 g/mol. The predicted octanol–water partition coefficient (Wildman–Crippen LogP) is 5.84. The minimum absolute atomic E-state index is 0.0340. The van der Waals surface area contributed by atoms with E-state index in [0.29, 0.717) is 18.5 Å². The molecule has 0 radical (unpaired) electrons. The van der Waals surface area contributed by atoms with Crippen LogP contribution in [0.4, 0.5) is 0 Å². The maximum atomic E-state index is 10.3. The highest BCUT2D eigenvalue weighted by atomic mass is 79.9. The standard InChI is InChI=1S/C35H38BrNO3Si/c1-27(25-36)32(24-34-19-11-12-28(26-37)33(34)35(21-20-34)38-22-23-39-35)40-41(29-13-5-2-6-14-29,30-15-7-3-8-16-30)31-17-9-4-10-18-31/h2-10,13-18,28,32-33H,1,11-12,19-25H2/t28?,32-,33?,34?/m0/s1. The number of hydrogen-bond donors (Lipinski definition) is 0. The van der Waals surface area contributed by atoms with Crippen molar-refractivity contribution < 1.29 is 13.9 Å². The van der Waals surface area contributed by atoms with Gasteiger partial charge in [0.05, 0.1) is 31.3 Å². The van der Waals surface area contributed by atoms with Gasteiger partial charge in [0.1, 0.15) is 0 Å². The first kappa shape index (κ1) is 28.6. The van der Waals surface area contributed by atoms with E-state index in [9.17, 15) is 5.26 Å². The van der Waals surface area contributed by atoms with Gasteiger partial charge in [-0.15, -0.1) is 0 Å². The molecule has 2 aliphatic carbocycles. The van der Waals surface area contributed by atoms with Crippen LogP contribution in [0.15, 0.2) is 103 Å². The number of halogens is 1. The smallest absolute Gasteiger partial charge is 0.288 e. The van der Waals surface area contributed by atoms with Crippen molar-refractivity contribution in [2.24, 2.45) is 17.3 Å². The summed E-state index contributed by atoms with van der Waals surface area (Å²) in [4.78, 5) is 0. The van der Waals surface area contributed by atoms with Gasteiger partial charge in [-0.25, -0.2) is 0 Å². The van der Waals surface area contributed by atoms with Gasteiger partial charge in [0, 0.05) is 17.7 Å². The van der Waals surface area contributed by atoms with Crippen molar-refractivity contribution in [1.82, 2.24) is 0 Å². The zero-order valence-electron chi connectivity index (χ0n) is 23.5. The molecule has 6 heteroatoms. The Hall–Kier alpha value is -2.53. The van der Waals surface area contributed by atoms with Crippen LogP contribution in [0.3, 0.4) is 0 Å². The first-order valence-corrected chi connectivity index (χ1v) is 17.9. The third-order valence-corrected chi connectivity index (χ3v) is 14.5. The summed E-state index contributed by atoms with van der Waals surface area (Å²) >= 11 is 3.75. The van der Waals surface area contributed by atoms with E-state index in [2.05, 4.69) is 120 Å². The number of ether oxygens (including phenoxy) is 2. The van der Waals surface area contributed by atoms with Gasteiger partial charge < -0.3 is 13.9 Å². The van der Waals surface area contributed by atoms with Gasteiger partial charge in [-0.3, -0.25) is 0 Å². The van der Waals surface area contributed by atoms with Crippen molar-refractivity contribution >= 4 is 39.8 Å². The van der Waals surface area contributed by atoms with Gasteiger partial charge in [-0.05, 0) is 52.2 Å². The summed E-state index contributed by atoms with van der Waals surface area (Å²) in [6.45, 7) is 5.77. The summed E-state index contributed by atoms with van der Waals surface area (Å²) in [7, 11) is -2.97. The number of alkyl halides is 1. The van der Waals surface area contributed by atoms with Gasteiger partial charge in [0.15, 0.2) is 5.79 Å². The molecule has 0 bridgehead atoms. The van der Waals surface area contributed by atoms with E-state index in [1.165, 1.54) is 15.6 Å². The van der Waals surface area contributed by atoms with Crippen molar-refractivity contribution in [3.8, 4) is 6.07 Å². The minimum Gasteiger partial charge on any atom is -0.397 e. The number of nitriles is 1. The summed E-state index contributed by atoms with van der Waals surface area (Å²) in [5.74, 6) is -0.693. The number of hydrogen-bond acceptors (Lipinski definition) is 4. The van der Waals surface area contributed by atoms with Gasteiger partial charge in [-0.2, -0.15) is 5.26 Å². The maximum Gasteiger partial charge on any atom is 0.288 e. The molecule has 1 spiro atoms. The second-order valence-electron chi connectivity index (χ2n) is 11.9. The van der Waals surface area contributed by atoms with E-state index in [1.807, 2.05) is 0 Å². The molecule has 3 aromatic rings. The summed E-state index contributed by atoms with van der Waals surface area (Å²) in [6.07, 6.45) is 5.39. The number of benzene rings is 3. The fourth-order valence-electron chi connectivity index (χ4n) is 7.98. The second-order valence-corrected chi connectivity index (χ2v) is 15.7. The molecule has 2 saturated carbocycles. The van der Waals surface area contributed by atoms with Crippen LogP contribution in [0.2, 0.25) is 0 Å². The molecule has 0 aromatic heterocycles. The quantitative estimate of drug-likeness (QED) is 0.129. The predicted molar refractivity (Wildman–Crippen MR) is 169 cm³/mol. The average molecular weight is 629 g/mol. The fourth-order valence-corrected chi connectivity index (χ4v) is 12.4. The highest BCUT2D eigenvalue weighted by molar-refractivity contribution is 9.09. The van der Waals surface area contributed by atoms with Crippen LogP contribution in [0.5, 0.6) is 0 Å². The lowest BCUT2D eigenvalue weighted by atomic mass is 9.60. The molecule has 4 nitrogen and oxygen atoms in total. The van der Waals surface area contributed by atoms with Gasteiger partial charge in [0.25, 0.3) is 8.32 Å². The van der Waals surface area contributed by atoms with Crippen molar-refractivity contribution in [3.63, 3.8) is 0 Å². The molecule has 3 aliphatic rings. The molecule has 1 saturated heterocycles. The van der Waals surface area contributed by atoms with Gasteiger partial charge >= 0.3 is 0 Å². The zero-order valence-corrected chi connectivity index (χ0v) is 26.1. The molecule has 3 fully saturated rings. The first-order valence-electron chi connectivity index (χ1n) is 14.8. The second kappa shape index (κ2) is 12.0. The largest absolute Gasteiger partial charge is 0.397 e. The highest BCUT2D eigenvalue weighted by Crippen LogP contribution is 2.63. The third-order valence-electron chi connectivity index (χ3n) is 9.72. The topological polar surface area (TPSA) is 51.5 Å². The Morgan fingerprint density at radius 1 is 0.902 bits per heavy atom. The van der Waals surface area contributed by atoms with Crippen LogP contribution in [-0.4, -0.2) is 38.8 Å². The van der Waals surface area contributed by atoms with E-state index in [1.54, 1.807) is 0 Å². The first-order chi connectivity index (χ1) is 20.1. The van der Waals surface area contributed by atoms with Crippen LogP contribution in [0.25, 0.3) is 0 Å². The van der Waals surface area contributed by atoms with E-state index in [0.717, 1.165) is 44.1 Å². The number of rotatable bonds is 9. The lowest BCUT2D eigenvalue weighted by molar-refractivity contribution is -0.210. The molecule has 41 heavy (non-hydrogen) atoms. The Labute approximate surface area is 253 Å². The Morgan fingerprint density at radius 2 is 1.44 bits per heavy atom. The Kier molecular flexibility index (Phi) is 8.36. The maximum absolute atomic E-state index is 10.3. The molecule has 0 N–H and O–H groups in total. The Bertz CT molecular complexity index is 1280. The third kappa shape index (κ3) is 5.06. The van der Waals surface area contributed by atoms with E-state index in [-0.39, 0.29) is 23.4 Å². The molecule has 1 heterocycles. The van der Waals surface area contributed by atoms with E-state index < -0.39 is 14.1 Å². The molecule has 212 valence electrons. The Morgan fingerprint density at radius 3 is 1.93 bits per heavy atom. The summed E-state index contributed by atoms with van der Waals surface area (Å²) in [5, 5.41) is 14.6. The van der Waals surface area contributed by atoms with Crippen LogP contribution in [0.1, 0.15) is 38.5 Å². The van der Waals surface area contributed by atoms with Gasteiger partial charge in [-0.1, -0.05) is 120 Å². The molecule has 4 atom stereocenters. The molecule has 1 aliphatic heterocycles. The van der Waals surface area contributed by atoms with Crippen molar-refractivity contribution in [2.45, 2.75) is 50.4 Å². The Balaban J connectivity index is 1.48. The van der Waals surface area contributed by atoms with Crippen molar-refractivity contribution in [1.29, 1.82) is 5.26 Å². The SMILES string of the molecule is C=C(CBr)[C@H](CC12CCCC(C#N)C1C1(CC2)OCCO1)O[Si](c1ccccc1)(c1ccccc1)c1ccccc1. The average Bonchev–Trinajstić information content (AvgIpc) is 3.65. The van der Waals surface area contributed by atoms with Crippen LogP contribution in [-0.2, 0) is 13.9 Å². The van der Waals surface area contributed by atoms with Crippen molar-refractivity contribution in [3.05, 3.63) is 103 Å². The normalized spacial score (nSPS) is 25.9. The van der Waals surface area contributed by atoms with Crippen LogP contribution < -0.4 is 15.6 Å². The van der Waals surface area contributed by atoms with E-state index >= 15 is 0 Å². The molecular formula is C35H38BrNO3Si. The van der Waals surface area contributed by atoms with Crippen molar-refractivity contribution in [2.75, 3.05) is 18.5 Å². The van der Waals surface area contributed by atoms with Gasteiger partial charge in [0.2, 0.25) is 0 Å². The summed E-state index contributed by atoms with van der Waals surface area (Å²) in [6, 6.07) is 34.9. The fraction of sp³-hybridized carbons (Fsp3) is 0.400. The zero-order chi connectivity index (χ0) is 28.3. The highest BCUT2D eigenvalue weighted by Gasteiger charge is 2.64. The lowest BCUT2D eigenvalue weighted by Gasteiger charge is -2.48. The molecule has 0 amide bonds. The minimum atomic E-state index is -2.97. The molecular weight excluding hydrogens is 590 g/mol. The summed E-state index contributed by atoms with van der Waals surface area (Å²) < 4.78 is 20.5. The number of nitrogens with zero attached hydrogens (tertiary/aromatic N) is 1.